The summed E-state index contributed by atoms with van der Waals surface area (Å²) in [4.78, 5) is 34.2. The van der Waals surface area contributed by atoms with Gasteiger partial charge in [-0.25, -0.2) is 0 Å². The Hall–Kier alpha value is -1.89. The number of carboxylic acid groups (broad SMARTS) is 1. The molecule has 22 heavy (non-hydrogen) atoms. The molecule has 1 aromatic rings. The third-order valence-corrected chi connectivity index (χ3v) is 3.86. The van der Waals surface area contributed by atoms with Gasteiger partial charge in [0, 0.05) is 30.5 Å². The fourth-order valence-corrected chi connectivity index (χ4v) is 2.57. The first-order chi connectivity index (χ1) is 10.5. The first-order valence-corrected chi connectivity index (χ1v) is 8.28. The third-order valence-electron chi connectivity index (χ3n) is 3.18. The second kappa shape index (κ2) is 9.94. The second-order valence-electron chi connectivity index (χ2n) is 5.00. The molecule has 0 spiro atoms. The molecule has 1 aromatic heterocycles. The van der Waals surface area contributed by atoms with E-state index in [-0.39, 0.29) is 24.8 Å². The van der Waals surface area contributed by atoms with Gasteiger partial charge in [0.05, 0.1) is 5.92 Å². The van der Waals surface area contributed by atoms with Gasteiger partial charge in [-0.3, -0.25) is 14.4 Å². The van der Waals surface area contributed by atoms with E-state index in [1.807, 2.05) is 12.3 Å². The summed E-state index contributed by atoms with van der Waals surface area (Å²) in [6, 6.07) is 1.74. The standard InChI is InChI=1S/C15H22N2O4S/c1-2-4-11(15(20)21)9-17-13(18)5-3-7-16-14(19)12-6-8-22-10-12/h6,8,10-11H,2-5,7,9H2,1H3,(H,16,19)(H,17,18)(H,20,21). The smallest absolute Gasteiger partial charge is 0.308 e. The summed E-state index contributed by atoms with van der Waals surface area (Å²) in [7, 11) is 0. The van der Waals surface area contributed by atoms with E-state index in [0.29, 0.717) is 24.9 Å². The van der Waals surface area contributed by atoms with Crippen LogP contribution in [-0.2, 0) is 9.59 Å². The molecule has 0 aliphatic rings. The molecule has 1 atom stereocenters. The van der Waals surface area contributed by atoms with Crippen LogP contribution >= 0.6 is 11.3 Å². The highest BCUT2D eigenvalue weighted by atomic mass is 32.1. The van der Waals surface area contributed by atoms with Crippen molar-refractivity contribution in [1.29, 1.82) is 0 Å². The molecule has 2 amide bonds. The van der Waals surface area contributed by atoms with Gasteiger partial charge in [-0.2, -0.15) is 11.3 Å². The Bertz CT molecular complexity index is 488. The molecule has 0 aliphatic carbocycles. The van der Waals surface area contributed by atoms with E-state index in [2.05, 4.69) is 10.6 Å². The molecule has 0 fully saturated rings. The van der Waals surface area contributed by atoms with Crippen molar-refractivity contribution >= 4 is 29.1 Å². The van der Waals surface area contributed by atoms with Crippen LogP contribution in [0.1, 0.15) is 43.0 Å². The van der Waals surface area contributed by atoms with Crippen molar-refractivity contribution in [2.45, 2.75) is 32.6 Å². The highest BCUT2D eigenvalue weighted by Crippen LogP contribution is 2.06. The zero-order valence-electron chi connectivity index (χ0n) is 12.6. The Kier molecular flexibility index (Phi) is 8.21. The number of carbonyl (C=O) groups excluding carboxylic acids is 2. The van der Waals surface area contributed by atoms with E-state index in [4.69, 9.17) is 5.11 Å². The van der Waals surface area contributed by atoms with Crippen LogP contribution in [0.2, 0.25) is 0 Å². The molecule has 3 N–H and O–H groups in total. The molecule has 1 heterocycles. The summed E-state index contributed by atoms with van der Waals surface area (Å²) in [5.74, 6) is -1.75. The van der Waals surface area contributed by atoms with Crippen LogP contribution in [0.4, 0.5) is 0 Å². The van der Waals surface area contributed by atoms with Crippen LogP contribution in [0, 0.1) is 5.92 Å². The predicted octanol–water partition coefficient (Wildman–Crippen LogP) is 1.88. The van der Waals surface area contributed by atoms with E-state index >= 15 is 0 Å². The lowest BCUT2D eigenvalue weighted by Gasteiger charge is -2.12. The average Bonchev–Trinajstić information content (AvgIpc) is 3.01. The highest BCUT2D eigenvalue weighted by Gasteiger charge is 2.16. The van der Waals surface area contributed by atoms with Crippen molar-refractivity contribution in [2.24, 2.45) is 5.92 Å². The predicted molar refractivity (Wildman–Crippen MR) is 84.9 cm³/mol. The van der Waals surface area contributed by atoms with Crippen LogP contribution in [0.5, 0.6) is 0 Å². The molecule has 1 unspecified atom stereocenters. The highest BCUT2D eigenvalue weighted by molar-refractivity contribution is 7.08. The summed E-state index contributed by atoms with van der Waals surface area (Å²) in [5.41, 5.74) is 0.623. The summed E-state index contributed by atoms with van der Waals surface area (Å²) < 4.78 is 0. The Balaban J connectivity index is 2.15. The van der Waals surface area contributed by atoms with Crippen LogP contribution in [0.3, 0.4) is 0 Å². The molecule has 6 nitrogen and oxygen atoms in total. The van der Waals surface area contributed by atoms with Gasteiger partial charge in [0.15, 0.2) is 0 Å². The fourth-order valence-electron chi connectivity index (χ4n) is 1.93. The fraction of sp³-hybridized carbons (Fsp3) is 0.533. The van der Waals surface area contributed by atoms with Crippen molar-refractivity contribution in [3.63, 3.8) is 0 Å². The zero-order chi connectivity index (χ0) is 16.4. The molecule has 0 radical (unpaired) electrons. The van der Waals surface area contributed by atoms with Crippen molar-refractivity contribution in [3.8, 4) is 0 Å². The first kappa shape index (κ1) is 18.2. The van der Waals surface area contributed by atoms with E-state index in [9.17, 15) is 14.4 Å². The van der Waals surface area contributed by atoms with Gasteiger partial charge in [-0.1, -0.05) is 13.3 Å². The Labute approximate surface area is 133 Å². The lowest BCUT2D eigenvalue weighted by molar-refractivity contribution is -0.141. The van der Waals surface area contributed by atoms with Crippen molar-refractivity contribution in [1.82, 2.24) is 10.6 Å². The van der Waals surface area contributed by atoms with Gasteiger partial charge in [0.25, 0.3) is 5.91 Å². The van der Waals surface area contributed by atoms with E-state index in [1.165, 1.54) is 11.3 Å². The summed E-state index contributed by atoms with van der Waals surface area (Å²) in [6.07, 6.45) is 2.10. The zero-order valence-corrected chi connectivity index (χ0v) is 13.4. The number of rotatable bonds is 10. The molecule has 0 aliphatic heterocycles. The second-order valence-corrected chi connectivity index (χ2v) is 5.78. The maximum Gasteiger partial charge on any atom is 0.308 e. The monoisotopic (exact) mass is 326 g/mol. The largest absolute Gasteiger partial charge is 0.481 e. The van der Waals surface area contributed by atoms with Crippen LogP contribution in [0.15, 0.2) is 16.8 Å². The number of hydrogen-bond donors (Lipinski definition) is 3. The quantitative estimate of drug-likeness (QED) is 0.572. The topological polar surface area (TPSA) is 95.5 Å². The first-order valence-electron chi connectivity index (χ1n) is 7.34. The Morgan fingerprint density at radius 3 is 2.68 bits per heavy atom. The molecule has 122 valence electrons. The van der Waals surface area contributed by atoms with Crippen LogP contribution in [-0.4, -0.2) is 36.0 Å². The summed E-state index contributed by atoms with van der Waals surface area (Å²) in [6.45, 7) is 2.48. The molecule has 7 heteroatoms. The number of carboxylic acids is 1. The number of hydrogen-bond acceptors (Lipinski definition) is 4. The number of amides is 2. The summed E-state index contributed by atoms with van der Waals surface area (Å²) >= 11 is 1.45. The van der Waals surface area contributed by atoms with Gasteiger partial charge in [0.2, 0.25) is 5.91 Å². The van der Waals surface area contributed by atoms with E-state index in [1.54, 1.807) is 11.4 Å². The molecule has 0 bridgehead atoms. The minimum absolute atomic E-state index is 0.143. The van der Waals surface area contributed by atoms with Gasteiger partial charge in [0.1, 0.15) is 0 Å². The molecular formula is C15H22N2O4S. The van der Waals surface area contributed by atoms with Crippen molar-refractivity contribution in [2.75, 3.05) is 13.1 Å². The van der Waals surface area contributed by atoms with Crippen LogP contribution in [0.25, 0.3) is 0 Å². The minimum Gasteiger partial charge on any atom is -0.481 e. The SMILES string of the molecule is CCCC(CNC(=O)CCCNC(=O)c1ccsc1)C(=O)O. The lowest BCUT2D eigenvalue weighted by Crippen LogP contribution is -2.33. The number of nitrogens with one attached hydrogen (secondary N) is 2. The van der Waals surface area contributed by atoms with E-state index in [0.717, 1.165) is 6.42 Å². The molecular weight excluding hydrogens is 304 g/mol. The maximum absolute atomic E-state index is 11.6. The van der Waals surface area contributed by atoms with E-state index < -0.39 is 11.9 Å². The van der Waals surface area contributed by atoms with Crippen molar-refractivity contribution in [3.05, 3.63) is 22.4 Å². The molecule has 0 saturated carbocycles. The number of carbonyl (C=O) groups is 3. The maximum atomic E-state index is 11.6. The number of thiophene rings is 1. The lowest BCUT2D eigenvalue weighted by atomic mass is 10.0. The number of aliphatic carboxylic acids is 1. The van der Waals surface area contributed by atoms with Crippen molar-refractivity contribution < 1.29 is 19.5 Å². The van der Waals surface area contributed by atoms with Gasteiger partial charge in [-0.15, -0.1) is 0 Å². The average molecular weight is 326 g/mol. The molecule has 0 aromatic carbocycles. The van der Waals surface area contributed by atoms with Gasteiger partial charge < -0.3 is 15.7 Å². The van der Waals surface area contributed by atoms with Crippen LogP contribution < -0.4 is 10.6 Å². The van der Waals surface area contributed by atoms with Gasteiger partial charge >= 0.3 is 5.97 Å². The third kappa shape index (κ3) is 6.71. The molecule has 1 rings (SSSR count). The minimum atomic E-state index is -0.884. The Morgan fingerprint density at radius 2 is 2.09 bits per heavy atom. The Morgan fingerprint density at radius 1 is 1.32 bits per heavy atom. The van der Waals surface area contributed by atoms with Gasteiger partial charge in [-0.05, 0) is 24.3 Å². The molecule has 0 saturated heterocycles. The normalized spacial score (nSPS) is 11.7. The summed E-state index contributed by atoms with van der Waals surface area (Å²) in [5, 5.41) is 18.0.